The van der Waals surface area contributed by atoms with E-state index in [2.05, 4.69) is 4.98 Å². The van der Waals surface area contributed by atoms with Crippen LogP contribution in [-0.2, 0) is 4.79 Å². The molecule has 3 aromatic rings. The summed E-state index contributed by atoms with van der Waals surface area (Å²) in [6, 6.07) is 14.5. The van der Waals surface area contributed by atoms with Crippen molar-refractivity contribution in [1.82, 2.24) is 9.55 Å². The highest BCUT2D eigenvalue weighted by Crippen LogP contribution is 2.27. The minimum Gasteiger partial charge on any atom is -0.478 e. The molecule has 1 atom stereocenters. The monoisotopic (exact) mass is 308 g/mol. The SMILES string of the molecule is Cc1cccc(C(Oc2cccnc2-n2cccc2)C(=O)O)c1. The van der Waals surface area contributed by atoms with E-state index in [1.807, 2.05) is 49.6 Å². The van der Waals surface area contributed by atoms with Crippen molar-refractivity contribution in [2.24, 2.45) is 0 Å². The second kappa shape index (κ2) is 6.36. The van der Waals surface area contributed by atoms with Crippen molar-refractivity contribution in [2.45, 2.75) is 13.0 Å². The van der Waals surface area contributed by atoms with Gasteiger partial charge in [-0.05, 0) is 31.2 Å². The second-order valence-electron chi connectivity index (χ2n) is 5.17. The van der Waals surface area contributed by atoms with Crippen molar-refractivity contribution < 1.29 is 14.6 Å². The van der Waals surface area contributed by atoms with Crippen LogP contribution in [0.25, 0.3) is 5.82 Å². The number of ether oxygens (including phenoxy) is 1. The van der Waals surface area contributed by atoms with Crippen molar-refractivity contribution in [3.05, 3.63) is 78.2 Å². The fourth-order valence-corrected chi connectivity index (χ4v) is 2.37. The van der Waals surface area contributed by atoms with E-state index in [-0.39, 0.29) is 0 Å². The van der Waals surface area contributed by atoms with E-state index in [0.29, 0.717) is 17.1 Å². The number of nitrogens with zero attached hydrogens (tertiary/aromatic N) is 2. The molecule has 0 fully saturated rings. The topological polar surface area (TPSA) is 64.4 Å². The smallest absolute Gasteiger partial charge is 0.349 e. The number of hydrogen-bond acceptors (Lipinski definition) is 3. The molecule has 1 unspecified atom stereocenters. The number of aliphatic carboxylic acids is 1. The fourth-order valence-electron chi connectivity index (χ4n) is 2.37. The lowest BCUT2D eigenvalue weighted by atomic mass is 10.1. The Bertz CT molecular complexity index is 813. The van der Waals surface area contributed by atoms with Gasteiger partial charge in [-0.1, -0.05) is 29.8 Å². The average Bonchev–Trinajstić information content (AvgIpc) is 3.07. The molecule has 5 heteroatoms. The molecule has 0 saturated heterocycles. The van der Waals surface area contributed by atoms with Crippen LogP contribution in [0.2, 0.25) is 0 Å². The molecule has 3 rings (SSSR count). The molecule has 0 aliphatic rings. The highest BCUT2D eigenvalue weighted by molar-refractivity contribution is 5.75. The van der Waals surface area contributed by atoms with Gasteiger partial charge in [0, 0.05) is 24.2 Å². The number of aromatic nitrogens is 2. The number of pyridine rings is 1. The molecule has 0 amide bonds. The van der Waals surface area contributed by atoms with E-state index in [1.165, 1.54) is 0 Å². The number of aryl methyl sites for hydroxylation is 1. The number of rotatable bonds is 5. The summed E-state index contributed by atoms with van der Waals surface area (Å²) in [7, 11) is 0. The molecule has 0 aliphatic heterocycles. The molecule has 0 radical (unpaired) electrons. The first-order chi connectivity index (χ1) is 11.1. The Morgan fingerprint density at radius 2 is 1.96 bits per heavy atom. The van der Waals surface area contributed by atoms with Crippen LogP contribution >= 0.6 is 0 Å². The number of carboxylic acid groups (broad SMARTS) is 1. The largest absolute Gasteiger partial charge is 0.478 e. The van der Waals surface area contributed by atoms with Crippen LogP contribution in [0, 0.1) is 6.92 Å². The third-order valence-corrected chi connectivity index (χ3v) is 3.41. The molecule has 0 bridgehead atoms. The standard InChI is InChI=1S/C18H16N2O3/c1-13-6-4-7-14(12-13)16(18(21)22)23-15-8-5-9-19-17(15)20-10-2-3-11-20/h2-12,16H,1H3,(H,21,22). The maximum atomic E-state index is 11.7. The number of benzene rings is 1. The Labute approximate surface area is 133 Å². The van der Waals surface area contributed by atoms with Crippen LogP contribution in [0.1, 0.15) is 17.2 Å². The Hall–Kier alpha value is -3.08. The molecule has 2 aromatic heterocycles. The van der Waals surface area contributed by atoms with Crippen molar-refractivity contribution in [3.63, 3.8) is 0 Å². The highest BCUT2D eigenvalue weighted by atomic mass is 16.5. The van der Waals surface area contributed by atoms with Gasteiger partial charge in [0.15, 0.2) is 11.6 Å². The lowest BCUT2D eigenvalue weighted by Gasteiger charge is -2.18. The number of carboxylic acids is 1. The Kier molecular flexibility index (Phi) is 4.10. The normalized spacial score (nSPS) is 11.9. The summed E-state index contributed by atoms with van der Waals surface area (Å²) in [5.74, 6) is -0.0769. The van der Waals surface area contributed by atoms with Gasteiger partial charge >= 0.3 is 5.97 Å². The quantitative estimate of drug-likeness (QED) is 0.784. The average molecular weight is 308 g/mol. The number of carbonyl (C=O) groups is 1. The van der Waals surface area contributed by atoms with Gasteiger partial charge in [-0.2, -0.15) is 0 Å². The zero-order valence-corrected chi connectivity index (χ0v) is 12.6. The minimum atomic E-state index is -1.09. The van der Waals surface area contributed by atoms with Crippen LogP contribution in [0.4, 0.5) is 0 Å². The van der Waals surface area contributed by atoms with Gasteiger partial charge in [0.25, 0.3) is 0 Å². The molecule has 5 nitrogen and oxygen atoms in total. The van der Waals surface area contributed by atoms with Gasteiger partial charge in [-0.15, -0.1) is 0 Å². The zero-order chi connectivity index (χ0) is 16.2. The van der Waals surface area contributed by atoms with Gasteiger partial charge in [0.2, 0.25) is 6.10 Å². The maximum absolute atomic E-state index is 11.7. The molecule has 116 valence electrons. The molecule has 2 heterocycles. The minimum absolute atomic E-state index is 0.414. The molecule has 0 spiro atoms. The first-order valence-corrected chi connectivity index (χ1v) is 7.19. The third kappa shape index (κ3) is 3.23. The Balaban J connectivity index is 1.98. The van der Waals surface area contributed by atoms with Crippen LogP contribution in [-0.4, -0.2) is 20.6 Å². The summed E-state index contributed by atoms with van der Waals surface area (Å²) in [5.41, 5.74) is 1.58. The lowest BCUT2D eigenvalue weighted by molar-refractivity contribution is -0.145. The van der Waals surface area contributed by atoms with Crippen LogP contribution in [0.3, 0.4) is 0 Å². The summed E-state index contributed by atoms with van der Waals surface area (Å²) >= 11 is 0. The maximum Gasteiger partial charge on any atom is 0.349 e. The first kappa shape index (κ1) is 14.8. The molecule has 1 N–H and O–H groups in total. The molecule has 0 saturated carbocycles. The Morgan fingerprint density at radius 3 is 2.65 bits per heavy atom. The van der Waals surface area contributed by atoms with Crippen molar-refractivity contribution in [1.29, 1.82) is 0 Å². The Morgan fingerprint density at radius 1 is 1.17 bits per heavy atom. The summed E-state index contributed by atoms with van der Waals surface area (Å²) in [4.78, 5) is 16.0. The van der Waals surface area contributed by atoms with E-state index < -0.39 is 12.1 Å². The summed E-state index contributed by atoms with van der Waals surface area (Å²) in [6.07, 6.45) is 4.22. The number of hydrogen-bond donors (Lipinski definition) is 1. The van der Waals surface area contributed by atoms with E-state index in [4.69, 9.17) is 4.74 Å². The van der Waals surface area contributed by atoms with Crippen LogP contribution in [0.15, 0.2) is 67.1 Å². The lowest BCUT2D eigenvalue weighted by Crippen LogP contribution is -2.19. The molecule has 0 aliphatic carbocycles. The third-order valence-electron chi connectivity index (χ3n) is 3.41. The van der Waals surface area contributed by atoms with Gasteiger partial charge in [-0.25, -0.2) is 9.78 Å². The highest BCUT2D eigenvalue weighted by Gasteiger charge is 2.23. The fraction of sp³-hybridized carbons (Fsp3) is 0.111. The van der Waals surface area contributed by atoms with Crippen LogP contribution in [0.5, 0.6) is 5.75 Å². The van der Waals surface area contributed by atoms with Crippen molar-refractivity contribution in [3.8, 4) is 11.6 Å². The molecule has 23 heavy (non-hydrogen) atoms. The molecular weight excluding hydrogens is 292 g/mol. The summed E-state index contributed by atoms with van der Waals surface area (Å²) < 4.78 is 7.57. The van der Waals surface area contributed by atoms with E-state index in [1.54, 1.807) is 29.0 Å². The van der Waals surface area contributed by atoms with Crippen molar-refractivity contribution >= 4 is 5.97 Å². The van der Waals surface area contributed by atoms with E-state index >= 15 is 0 Å². The van der Waals surface area contributed by atoms with Crippen molar-refractivity contribution in [2.75, 3.05) is 0 Å². The predicted molar refractivity (Wildman–Crippen MR) is 85.7 cm³/mol. The van der Waals surface area contributed by atoms with Gasteiger partial charge in [-0.3, -0.25) is 0 Å². The summed E-state index contributed by atoms with van der Waals surface area (Å²) in [6.45, 7) is 1.91. The van der Waals surface area contributed by atoms with Crippen LogP contribution < -0.4 is 4.74 Å². The first-order valence-electron chi connectivity index (χ1n) is 7.19. The van der Waals surface area contributed by atoms with E-state index in [0.717, 1.165) is 5.56 Å². The molecular formula is C18H16N2O3. The predicted octanol–water partition coefficient (Wildman–Crippen LogP) is 3.39. The second-order valence-corrected chi connectivity index (χ2v) is 5.17. The van der Waals surface area contributed by atoms with Gasteiger partial charge in [0.05, 0.1) is 0 Å². The summed E-state index contributed by atoms with van der Waals surface area (Å²) in [5, 5.41) is 9.55. The van der Waals surface area contributed by atoms with Gasteiger partial charge < -0.3 is 14.4 Å². The van der Waals surface area contributed by atoms with E-state index in [9.17, 15) is 9.90 Å². The molecule has 1 aromatic carbocycles. The zero-order valence-electron chi connectivity index (χ0n) is 12.6. The van der Waals surface area contributed by atoms with Gasteiger partial charge in [0.1, 0.15) is 0 Å².